The van der Waals surface area contributed by atoms with Gasteiger partial charge in [-0.15, -0.1) is 0 Å². The van der Waals surface area contributed by atoms with Crippen molar-refractivity contribution < 1.29 is 13.9 Å². The van der Waals surface area contributed by atoms with Gasteiger partial charge in [-0.1, -0.05) is 11.6 Å². The van der Waals surface area contributed by atoms with Crippen molar-refractivity contribution in [1.29, 1.82) is 0 Å². The summed E-state index contributed by atoms with van der Waals surface area (Å²) in [5, 5.41) is 10.6. The van der Waals surface area contributed by atoms with Crippen LogP contribution in [0.15, 0.2) is 24.4 Å². The summed E-state index contributed by atoms with van der Waals surface area (Å²) in [6.07, 6.45) is 1.43. The van der Waals surface area contributed by atoms with Crippen molar-refractivity contribution in [1.82, 2.24) is 20.3 Å². The Morgan fingerprint density at radius 2 is 2.27 bits per heavy atom. The molecule has 2 aromatic rings. The minimum atomic E-state index is -0.536. The van der Waals surface area contributed by atoms with Crippen LogP contribution in [0.5, 0.6) is 0 Å². The van der Waals surface area contributed by atoms with Crippen molar-refractivity contribution in [2.24, 2.45) is 0 Å². The Labute approximate surface area is 131 Å². The van der Waals surface area contributed by atoms with Gasteiger partial charge in [-0.3, -0.25) is 4.79 Å². The number of nitrogens with one attached hydrogen (secondary N) is 1. The number of benzene rings is 1. The van der Waals surface area contributed by atoms with Crippen LogP contribution in [0.1, 0.15) is 22.0 Å². The zero-order valence-corrected chi connectivity index (χ0v) is 12.5. The summed E-state index contributed by atoms with van der Waals surface area (Å²) in [6.45, 7) is 0.832. The van der Waals surface area contributed by atoms with Gasteiger partial charge in [0, 0.05) is 30.8 Å². The van der Waals surface area contributed by atoms with Gasteiger partial charge in [-0.25, -0.2) is 4.39 Å². The molecule has 0 radical (unpaired) electrons. The summed E-state index contributed by atoms with van der Waals surface area (Å²) < 4.78 is 18.9. The molecule has 0 aliphatic carbocycles. The lowest BCUT2D eigenvalue weighted by atomic mass is 10.0. The molecular weight excluding hydrogens is 311 g/mol. The third-order valence-electron chi connectivity index (χ3n) is 3.78. The number of likely N-dealkylation sites (tertiary alicyclic amines) is 1. The number of carbonyl (C=O) groups is 1. The van der Waals surface area contributed by atoms with Crippen molar-refractivity contribution in [3.63, 3.8) is 0 Å². The number of H-pyrrole nitrogens is 1. The smallest absolute Gasteiger partial charge is 0.254 e. The molecule has 0 saturated carbocycles. The zero-order valence-electron chi connectivity index (χ0n) is 11.8. The summed E-state index contributed by atoms with van der Waals surface area (Å²) in [5.74, 6) is -0.891. The maximum Gasteiger partial charge on any atom is 0.254 e. The molecule has 22 heavy (non-hydrogen) atoms. The van der Waals surface area contributed by atoms with Gasteiger partial charge in [0.2, 0.25) is 0 Å². The Kier molecular flexibility index (Phi) is 4.08. The normalized spacial score (nSPS) is 21.3. The average Bonchev–Trinajstić information content (AvgIpc) is 3.14. The second-order valence-electron chi connectivity index (χ2n) is 5.14. The lowest BCUT2D eigenvalue weighted by Crippen LogP contribution is -2.30. The van der Waals surface area contributed by atoms with E-state index >= 15 is 0 Å². The highest BCUT2D eigenvalue weighted by Crippen LogP contribution is 2.29. The van der Waals surface area contributed by atoms with E-state index in [4.69, 9.17) is 16.3 Å². The van der Waals surface area contributed by atoms with Crippen LogP contribution in [0.4, 0.5) is 4.39 Å². The molecule has 1 aliphatic rings. The molecule has 3 rings (SSSR count). The first kappa shape index (κ1) is 14.9. The lowest BCUT2D eigenvalue weighted by Gasteiger charge is -2.16. The number of halogens is 2. The number of carbonyl (C=O) groups excluding carboxylic acids is 1. The number of methoxy groups -OCH3 is 1. The second-order valence-corrected chi connectivity index (χ2v) is 5.58. The molecule has 0 bridgehead atoms. The van der Waals surface area contributed by atoms with E-state index in [9.17, 15) is 9.18 Å². The Morgan fingerprint density at radius 1 is 1.45 bits per heavy atom. The molecule has 2 heterocycles. The van der Waals surface area contributed by atoms with Crippen molar-refractivity contribution in [2.75, 3.05) is 20.2 Å². The van der Waals surface area contributed by atoms with Gasteiger partial charge in [-0.05, 0) is 18.2 Å². The van der Waals surface area contributed by atoms with E-state index in [1.165, 1.54) is 18.2 Å². The number of ether oxygens (including phenoxy) is 1. The Balaban J connectivity index is 1.82. The molecule has 0 unspecified atom stereocenters. The van der Waals surface area contributed by atoms with Crippen LogP contribution in [0.3, 0.4) is 0 Å². The minimum Gasteiger partial charge on any atom is -0.379 e. The highest BCUT2D eigenvalue weighted by atomic mass is 35.5. The van der Waals surface area contributed by atoms with Crippen LogP contribution in [-0.2, 0) is 4.74 Å². The predicted octanol–water partition coefficient (Wildman–Crippen LogP) is 1.85. The molecule has 8 heteroatoms. The minimum absolute atomic E-state index is 0.0725. The summed E-state index contributed by atoms with van der Waals surface area (Å²) in [4.78, 5) is 14.1. The van der Waals surface area contributed by atoms with E-state index in [0.29, 0.717) is 13.1 Å². The SMILES string of the molecule is CO[C@@H]1CN(C(=O)c2cc(F)cc(Cl)c2)C[C@H]1c1cn[nH]n1. The fourth-order valence-electron chi connectivity index (χ4n) is 2.71. The number of nitrogens with zero attached hydrogens (tertiary/aromatic N) is 3. The van der Waals surface area contributed by atoms with Crippen LogP contribution in [-0.4, -0.2) is 52.5 Å². The van der Waals surface area contributed by atoms with Crippen LogP contribution in [0, 0.1) is 5.82 Å². The van der Waals surface area contributed by atoms with Crippen molar-refractivity contribution in [2.45, 2.75) is 12.0 Å². The standard InChI is InChI=1S/C14H14ClFN4O2/c1-22-13-7-20(6-11(13)12-5-17-19-18-12)14(21)8-2-9(15)4-10(16)3-8/h2-5,11,13H,6-7H2,1H3,(H,17,18,19)/t11-,13+/m0/s1. The average molecular weight is 325 g/mol. The van der Waals surface area contributed by atoms with E-state index in [2.05, 4.69) is 15.4 Å². The molecule has 116 valence electrons. The van der Waals surface area contributed by atoms with Crippen LogP contribution in [0.25, 0.3) is 0 Å². The number of rotatable bonds is 3. The second kappa shape index (κ2) is 6.02. The Hall–Kier alpha value is -1.99. The van der Waals surface area contributed by atoms with Gasteiger partial charge in [0.25, 0.3) is 5.91 Å². The molecular formula is C14H14ClFN4O2. The van der Waals surface area contributed by atoms with Crippen LogP contribution in [0.2, 0.25) is 5.02 Å². The molecule has 1 aromatic heterocycles. The predicted molar refractivity (Wildman–Crippen MR) is 77.2 cm³/mol. The highest BCUT2D eigenvalue weighted by Gasteiger charge is 2.38. The zero-order chi connectivity index (χ0) is 15.7. The molecule has 1 aliphatic heterocycles. The largest absolute Gasteiger partial charge is 0.379 e. The van der Waals surface area contributed by atoms with E-state index in [1.54, 1.807) is 18.2 Å². The fraction of sp³-hybridized carbons (Fsp3) is 0.357. The summed E-state index contributed by atoms with van der Waals surface area (Å²) >= 11 is 5.81. The first-order chi connectivity index (χ1) is 10.6. The number of hydrogen-bond acceptors (Lipinski definition) is 4. The van der Waals surface area contributed by atoms with Crippen LogP contribution < -0.4 is 0 Å². The Bertz CT molecular complexity index is 659. The first-order valence-corrected chi connectivity index (χ1v) is 7.10. The van der Waals surface area contributed by atoms with Gasteiger partial charge in [0.05, 0.1) is 23.9 Å². The van der Waals surface area contributed by atoms with Gasteiger partial charge >= 0.3 is 0 Å². The molecule has 1 aromatic carbocycles. The van der Waals surface area contributed by atoms with Gasteiger partial charge in [0.15, 0.2) is 0 Å². The van der Waals surface area contributed by atoms with E-state index in [-0.39, 0.29) is 28.5 Å². The van der Waals surface area contributed by atoms with Gasteiger partial charge in [0.1, 0.15) is 5.82 Å². The third-order valence-corrected chi connectivity index (χ3v) is 4.00. The number of aromatic nitrogens is 3. The molecule has 1 amide bonds. The maximum absolute atomic E-state index is 13.4. The molecule has 1 saturated heterocycles. The molecule has 6 nitrogen and oxygen atoms in total. The van der Waals surface area contributed by atoms with Gasteiger partial charge in [-0.2, -0.15) is 15.4 Å². The number of aromatic amines is 1. The number of amides is 1. The van der Waals surface area contributed by atoms with E-state index in [1.807, 2.05) is 0 Å². The highest BCUT2D eigenvalue weighted by molar-refractivity contribution is 6.31. The van der Waals surface area contributed by atoms with Crippen molar-refractivity contribution >= 4 is 17.5 Å². The number of hydrogen-bond donors (Lipinski definition) is 1. The summed E-state index contributed by atoms with van der Waals surface area (Å²) in [7, 11) is 1.59. The first-order valence-electron chi connectivity index (χ1n) is 6.72. The van der Waals surface area contributed by atoms with Crippen molar-refractivity contribution in [3.8, 4) is 0 Å². The van der Waals surface area contributed by atoms with Crippen molar-refractivity contribution in [3.05, 3.63) is 46.5 Å². The molecule has 0 spiro atoms. The molecule has 1 N–H and O–H groups in total. The Morgan fingerprint density at radius 3 is 2.91 bits per heavy atom. The van der Waals surface area contributed by atoms with E-state index < -0.39 is 5.82 Å². The fourth-order valence-corrected chi connectivity index (χ4v) is 2.93. The summed E-state index contributed by atoms with van der Waals surface area (Å²) in [6, 6.07) is 3.80. The molecule has 2 atom stereocenters. The molecule has 1 fully saturated rings. The summed E-state index contributed by atoms with van der Waals surface area (Å²) in [5.41, 5.74) is 0.958. The third kappa shape index (κ3) is 2.82. The maximum atomic E-state index is 13.4. The topological polar surface area (TPSA) is 71.1 Å². The van der Waals surface area contributed by atoms with Crippen LogP contribution >= 0.6 is 11.6 Å². The van der Waals surface area contributed by atoms with E-state index in [0.717, 1.165) is 5.69 Å². The monoisotopic (exact) mass is 324 g/mol. The van der Waals surface area contributed by atoms with Gasteiger partial charge < -0.3 is 9.64 Å². The quantitative estimate of drug-likeness (QED) is 0.935. The lowest BCUT2D eigenvalue weighted by molar-refractivity contribution is 0.0714.